The van der Waals surface area contributed by atoms with E-state index >= 15 is 0 Å². The van der Waals surface area contributed by atoms with E-state index in [0.29, 0.717) is 30.2 Å². The van der Waals surface area contributed by atoms with Gasteiger partial charge in [0, 0.05) is 12.5 Å². The van der Waals surface area contributed by atoms with Crippen molar-refractivity contribution < 1.29 is 28.6 Å². The number of rotatable bonds is 42. The Labute approximate surface area is 583 Å². The summed E-state index contributed by atoms with van der Waals surface area (Å²) in [6, 6.07) is 0.685. The number of hydrogen-bond donors (Lipinski definition) is 0. The highest BCUT2D eigenvalue weighted by Gasteiger charge is 2.21. The average Bonchev–Trinajstić information content (AvgIpc) is 2.15. The number of hydrogen-bond acceptors (Lipinski definition) is 7. The second kappa shape index (κ2) is 76.2. The quantitative estimate of drug-likeness (QED) is 0.0261. The van der Waals surface area contributed by atoms with E-state index in [-0.39, 0.29) is 48.1 Å². The fourth-order valence-corrected chi connectivity index (χ4v) is 8.36. The number of ether oxygens (including phenoxy) is 3. The molecule has 0 aromatic carbocycles. The number of esters is 3. The van der Waals surface area contributed by atoms with E-state index in [1.165, 1.54) is 154 Å². The Hall–Kier alpha value is -2.15. The van der Waals surface area contributed by atoms with Crippen molar-refractivity contribution in [2.45, 2.75) is 419 Å². The molecule has 7 heteroatoms. The van der Waals surface area contributed by atoms with E-state index in [2.05, 4.69) is 209 Å². The van der Waals surface area contributed by atoms with Gasteiger partial charge >= 0.3 is 17.9 Å². The highest BCUT2D eigenvalue weighted by atomic mass is 16.6. The van der Waals surface area contributed by atoms with Crippen molar-refractivity contribution in [2.75, 3.05) is 14.1 Å². The lowest BCUT2D eigenvalue weighted by atomic mass is 9.96. The van der Waals surface area contributed by atoms with E-state index in [1.807, 2.05) is 55.4 Å². The van der Waals surface area contributed by atoms with Gasteiger partial charge in [-0.05, 0) is 153 Å². The first-order valence-corrected chi connectivity index (χ1v) is 39.3. The molecule has 92 heavy (non-hydrogen) atoms. The molecule has 2 unspecified atom stereocenters. The number of nitrogens with zero attached hydrogens (tertiary/aromatic N) is 1. The summed E-state index contributed by atoms with van der Waals surface area (Å²) in [6.45, 7) is 68.6. The van der Waals surface area contributed by atoms with Crippen molar-refractivity contribution in [2.24, 2.45) is 76.9 Å². The van der Waals surface area contributed by atoms with E-state index in [9.17, 15) is 14.4 Å². The summed E-state index contributed by atoms with van der Waals surface area (Å²) in [4.78, 5) is 35.3. The van der Waals surface area contributed by atoms with Crippen molar-refractivity contribution in [3.8, 4) is 0 Å². The molecule has 0 radical (unpaired) electrons. The van der Waals surface area contributed by atoms with Gasteiger partial charge in [0.15, 0.2) is 0 Å². The molecular formula is C85H177NO6. The van der Waals surface area contributed by atoms with E-state index in [4.69, 9.17) is 14.2 Å². The van der Waals surface area contributed by atoms with Crippen LogP contribution in [0.2, 0.25) is 0 Å². The van der Waals surface area contributed by atoms with Gasteiger partial charge < -0.3 is 19.1 Å². The predicted molar refractivity (Wildman–Crippen MR) is 417 cm³/mol. The Bertz CT molecular complexity index is 1390. The lowest BCUT2D eigenvalue weighted by molar-refractivity contribution is -0.154. The summed E-state index contributed by atoms with van der Waals surface area (Å²) in [7, 11) is 4.15. The van der Waals surface area contributed by atoms with Gasteiger partial charge in [0.2, 0.25) is 0 Å². The first kappa shape index (κ1) is 106. The van der Waals surface area contributed by atoms with Crippen LogP contribution in [0.1, 0.15) is 395 Å². The molecule has 0 saturated carbocycles. The third-order valence-corrected chi connectivity index (χ3v) is 16.0. The van der Waals surface area contributed by atoms with Gasteiger partial charge in [-0.1, -0.05) is 339 Å². The molecule has 0 saturated heterocycles. The molecular weight excluding hydrogens is 1130 g/mol. The lowest BCUT2D eigenvalue weighted by Gasteiger charge is -2.24. The first-order chi connectivity index (χ1) is 42.7. The normalized spacial score (nSPS) is 12.1. The average molecular weight is 1310 g/mol. The smallest absolute Gasteiger partial charge is 0.308 e. The molecule has 0 heterocycles. The molecule has 0 fully saturated rings. The number of carbonyl (C=O) groups is 3. The molecule has 0 bridgehead atoms. The fourth-order valence-electron chi connectivity index (χ4n) is 8.36. The lowest BCUT2D eigenvalue weighted by Crippen LogP contribution is -2.28. The summed E-state index contributed by atoms with van der Waals surface area (Å²) in [5.74, 6) is 7.82. The molecule has 0 spiro atoms. The Morgan fingerprint density at radius 1 is 0.326 bits per heavy atom. The van der Waals surface area contributed by atoms with Crippen LogP contribution in [0.15, 0.2) is 24.3 Å². The zero-order valence-corrected chi connectivity index (χ0v) is 69.6. The summed E-state index contributed by atoms with van der Waals surface area (Å²) >= 11 is 0. The third kappa shape index (κ3) is 104. The van der Waals surface area contributed by atoms with Crippen molar-refractivity contribution >= 4 is 17.9 Å². The van der Waals surface area contributed by atoms with E-state index in [0.717, 1.165) is 60.2 Å². The van der Waals surface area contributed by atoms with E-state index < -0.39 is 0 Å². The summed E-state index contributed by atoms with van der Waals surface area (Å²) < 4.78 is 15.3. The molecule has 0 amide bonds. The van der Waals surface area contributed by atoms with Crippen molar-refractivity contribution in [3.63, 3.8) is 0 Å². The van der Waals surface area contributed by atoms with Crippen LogP contribution in [-0.4, -0.2) is 61.3 Å². The maximum absolute atomic E-state index is 11.6. The van der Waals surface area contributed by atoms with Crippen LogP contribution in [-0.2, 0) is 28.6 Å². The van der Waals surface area contributed by atoms with Gasteiger partial charge in [-0.25, -0.2) is 0 Å². The molecule has 2 atom stereocenters. The van der Waals surface area contributed by atoms with Crippen molar-refractivity contribution in [1.29, 1.82) is 0 Å². The van der Waals surface area contributed by atoms with Gasteiger partial charge in [-0.15, -0.1) is 0 Å². The predicted octanol–water partition coefficient (Wildman–Crippen LogP) is 27.8. The third-order valence-electron chi connectivity index (χ3n) is 16.0. The molecule has 0 N–H and O–H groups in total. The molecule has 0 aromatic heterocycles. The van der Waals surface area contributed by atoms with Gasteiger partial charge in [0.1, 0.15) is 6.10 Å². The van der Waals surface area contributed by atoms with Gasteiger partial charge in [0.25, 0.3) is 0 Å². The zero-order chi connectivity index (χ0) is 73.2. The topological polar surface area (TPSA) is 82.1 Å². The van der Waals surface area contributed by atoms with E-state index in [1.54, 1.807) is 0 Å². The largest absolute Gasteiger partial charge is 0.463 e. The second-order valence-corrected chi connectivity index (χ2v) is 32.1. The Balaban J connectivity index is -0.000000148. The molecule has 0 aliphatic heterocycles. The molecule has 0 aromatic rings. The highest BCUT2D eigenvalue weighted by molar-refractivity contribution is 5.72. The van der Waals surface area contributed by atoms with Crippen molar-refractivity contribution in [1.82, 2.24) is 4.90 Å². The van der Waals surface area contributed by atoms with Crippen LogP contribution in [0.5, 0.6) is 0 Å². The summed E-state index contributed by atoms with van der Waals surface area (Å²) in [5, 5.41) is 0. The number of unbranched alkanes of at least 4 members (excludes halogenated alkanes) is 16. The molecule has 0 aliphatic rings. The van der Waals surface area contributed by atoms with Crippen LogP contribution in [0.3, 0.4) is 0 Å². The first-order valence-electron chi connectivity index (χ1n) is 39.3. The standard InChI is InChI=1S/C14H28O2.2C13H28.2C13H26.2C7H14O2.C5H13N/c1-10(2)8-7-9-13(15)16-14(11(3)4)12(5)6;2*1-12(2)10-8-6-5-7-9-11-13(3)4;2*1-5-6-7-8-9-10-11-13(4)12(2)3;2*1-5(2)7(8)9-6(3)4;1-5(2)6(3)4/h10-12,14H,7-9H2,1-6H3;2*12-13H,5-11H2,1-4H3;2*10-13H,5-9H2,1-4H3;2*5-6H,1-4H3;5H,1-4H3/b;;;2*11-10-;;;. The van der Waals surface area contributed by atoms with Gasteiger partial charge in [-0.3, -0.25) is 14.4 Å². The Kier molecular flexibility index (Phi) is 87.7. The minimum atomic E-state index is -0.120. The maximum atomic E-state index is 11.6. The minimum absolute atomic E-state index is 0.00704. The minimum Gasteiger partial charge on any atom is -0.463 e. The second-order valence-electron chi connectivity index (χ2n) is 32.1. The fraction of sp³-hybridized carbons (Fsp3) is 0.918. The molecule has 558 valence electrons. The van der Waals surface area contributed by atoms with Crippen LogP contribution in [0.25, 0.3) is 0 Å². The van der Waals surface area contributed by atoms with Crippen molar-refractivity contribution in [3.05, 3.63) is 24.3 Å². The van der Waals surface area contributed by atoms with Crippen LogP contribution in [0, 0.1) is 76.9 Å². The Morgan fingerprint density at radius 2 is 0.576 bits per heavy atom. The Morgan fingerprint density at radius 3 is 0.772 bits per heavy atom. The maximum Gasteiger partial charge on any atom is 0.308 e. The van der Waals surface area contributed by atoms with Crippen LogP contribution >= 0.6 is 0 Å². The van der Waals surface area contributed by atoms with Crippen LogP contribution < -0.4 is 0 Å². The monoisotopic (exact) mass is 1310 g/mol. The zero-order valence-electron chi connectivity index (χ0n) is 69.6. The summed E-state index contributed by atoms with van der Waals surface area (Å²) in [6.07, 6.45) is 45.9. The SMILES string of the molecule is CC(C)CCCC(=O)OC(C(C)C)C(C)C.CC(C)CCCCCCCC(C)C.CC(C)CCCCCCCC(C)C.CC(C)N(C)C.CC(C)OC(=O)C(C)C.CC(C)OC(=O)C(C)C.CCCCCC/C=C\C(C)C(C)C.CCCCCC/C=C\C(C)C(C)C. The molecule has 0 aliphatic carbocycles. The molecule has 0 rings (SSSR count). The highest BCUT2D eigenvalue weighted by Crippen LogP contribution is 2.20. The number of carbonyl (C=O) groups excluding carboxylic acids is 3. The van der Waals surface area contributed by atoms with Crippen LogP contribution in [0.4, 0.5) is 0 Å². The summed E-state index contributed by atoms with van der Waals surface area (Å²) in [5.41, 5.74) is 0. The van der Waals surface area contributed by atoms with Gasteiger partial charge in [0.05, 0.1) is 24.0 Å². The number of allylic oxidation sites excluding steroid dienone is 4. The molecule has 7 nitrogen and oxygen atoms in total. The van der Waals surface area contributed by atoms with Gasteiger partial charge in [-0.2, -0.15) is 0 Å².